The highest BCUT2D eigenvalue weighted by atomic mass is 14.0. The number of hydrogen-bond acceptors (Lipinski definition) is 0. The SMILES string of the molecule is CCCCCC/C=C\CC/C(C)=C/c1ccccc1. The number of benzene rings is 1. The number of allylic oxidation sites excluding steroid dienone is 3. The van der Waals surface area contributed by atoms with Gasteiger partial charge in [0.05, 0.1) is 0 Å². The average Bonchev–Trinajstić information content (AvgIpc) is 2.43. The van der Waals surface area contributed by atoms with Gasteiger partial charge in [0.25, 0.3) is 0 Å². The van der Waals surface area contributed by atoms with E-state index in [1.165, 1.54) is 56.1 Å². The molecule has 1 aromatic carbocycles. The van der Waals surface area contributed by atoms with Crippen LogP contribution in [0.2, 0.25) is 0 Å². The summed E-state index contributed by atoms with van der Waals surface area (Å²) < 4.78 is 0. The molecule has 0 saturated carbocycles. The Morgan fingerprint density at radius 2 is 1.68 bits per heavy atom. The zero-order chi connectivity index (χ0) is 13.8. The average molecular weight is 256 g/mol. The highest BCUT2D eigenvalue weighted by Gasteiger charge is 1.90. The van der Waals surface area contributed by atoms with Crippen molar-refractivity contribution in [2.24, 2.45) is 0 Å². The maximum atomic E-state index is 2.35. The fourth-order valence-corrected chi connectivity index (χ4v) is 2.14. The monoisotopic (exact) mass is 256 g/mol. The number of hydrogen-bond donors (Lipinski definition) is 0. The van der Waals surface area contributed by atoms with Crippen LogP contribution in [-0.2, 0) is 0 Å². The van der Waals surface area contributed by atoms with Crippen LogP contribution in [0.25, 0.3) is 6.08 Å². The second-order valence-corrected chi connectivity index (χ2v) is 5.26. The van der Waals surface area contributed by atoms with E-state index in [9.17, 15) is 0 Å². The first kappa shape index (κ1) is 15.8. The Bertz CT molecular complexity index is 370. The second-order valence-electron chi connectivity index (χ2n) is 5.26. The van der Waals surface area contributed by atoms with Crippen molar-refractivity contribution in [2.75, 3.05) is 0 Å². The molecule has 0 aliphatic heterocycles. The van der Waals surface area contributed by atoms with Gasteiger partial charge in [-0.2, -0.15) is 0 Å². The standard InChI is InChI=1S/C19H28/c1-3-4-5-6-7-8-9-11-14-18(2)17-19-15-12-10-13-16-19/h8-10,12-13,15-17H,3-7,11,14H2,1-2H3/b9-8-,18-17+. The fraction of sp³-hybridized carbons (Fsp3) is 0.474. The van der Waals surface area contributed by atoms with Gasteiger partial charge in [-0.25, -0.2) is 0 Å². The minimum Gasteiger partial charge on any atom is -0.0885 e. The van der Waals surface area contributed by atoms with Crippen molar-refractivity contribution in [1.82, 2.24) is 0 Å². The van der Waals surface area contributed by atoms with Gasteiger partial charge in [-0.05, 0) is 38.2 Å². The Hall–Kier alpha value is -1.30. The third-order valence-electron chi connectivity index (χ3n) is 3.31. The molecule has 0 amide bonds. The summed E-state index contributed by atoms with van der Waals surface area (Å²) in [7, 11) is 0. The predicted molar refractivity (Wildman–Crippen MR) is 87.2 cm³/mol. The lowest BCUT2D eigenvalue weighted by Gasteiger charge is -1.99. The van der Waals surface area contributed by atoms with E-state index in [2.05, 4.69) is 62.4 Å². The van der Waals surface area contributed by atoms with Crippen molar-refractivity contribution < 1.29 is 0 Å². The highest BCUT2D eigenvalue weighted by Crippen LogP contribution is 2.11. The zero-order valence-corrected chi connectivity index (χ0v) is 12.6. The van der Waals surface area contributed by atoms with Crippen LogP contribution >= 0.6 is 0 Å². The van der Waals surface area contributed by atoms with Gasteiger partial charge in [-0.15, -0.1) is 0 Å². The Morgan fingerprint density at radius 1 is 0.947 bits per heavy atom. The Balaban J connectivity index is 2.15. The maximum Gasteiger partial charge on any atom is -0.0257 e. The first-order valence-electron chi connectivity index (χ1n) is 7.70. The quantitative estimate of drug-likeness (QED) is 0.354. The van der Waals surface area contributed by atoms with Crippen molar-refractivity contribution in [3.63, 3.8) is 0 Å². The minimum absolute atomic E-state index is 1.17. The van der Waals surface area contributed by atoms with Crippen LogP contribution < -0.4 is 0 Å². The first-order valence-corrected chi connectivity index (χ1v) is 7.70. The van der Waals surface area contributed by atoms with E-state index in [1.807, 2.05) is 0 Å². The molecule has 0 spiro atoms. The lowest BCUT2D eigenvalue weighted by atomic mass is 10.1. The smallest absolute Gasteiger partial charge is 0.0257 e. The molecule has 0 heterocycles. The molecule has 1 rings (SSSR count). The van der Waals surface area contributed by atoms with E-state index >= 15 is 0 Å². The van der Waals surface area contributed by atoms with Crippen LogP contribution in [0.3, 0.4) is 0 Å². The van der Waals surface area contributed by atoms with Crippen molar-refractivity contribution in [1.29, 1.82) is 0 Å². The molecule has 1 aromatic rings. The first-order chi connectivity index (χ1) is 9.33. The van der Waals surface area contributed by atoms with Crippen molar-refractivity contribution in [3.05, 3.63) is 53.6 Å². The summed E-state index contributed by atoms with van der Waals surface area (Å²) in [6, 6.07) is 10.6. The van der Waals surface area contributed by atoms with Gasteiger partial charge in [-0.1, -0.05) is 80.3 Å². The van der Waals surface area contributed by atoms with Crippen LogP contribution in [0, 0.1) is 0 Å². The maximum absolute atomic E-state index is 2.35. The molecular formula is C19H28. The van der Waals surface area contributed by atoms with Crippen LogP contribution in [0.4, 0.5) is 0 Å². The third-order valence-corrected chi connectivity index (χ3v) is 3.31. The fourth-order valence-electron chi connectivity index (χ4n) is 2.14. The summed E-state index contributed by atoms with van der Waals surface area (Å²) in [5.74, 6) is 0. The largest absolute Gasteiger partial charge is 0.0885 e. The molecule has 0 fully saturated rings. The van der Waals surface area contributed by atoms with Gasteiger partial charge in [0.2, 0.25) is 0 Å². The lowest BCUT2D eigenvalue weighted by molar-refractivity contribution is 0.674. The van der Waals surface area contributed by atoms with Gasteiger partial charge in [0.1, 0.15) is 0 Å². The summed E-state index contributed by atoms with van der Waals surface area (Å²) >= 11 is 0. The Labute approximate surface area is 119 Å². The molecule has 0 aliphatic rings. The summed E-state index contributed by atoms with van der Waals surface area (Å²) in [5, 5.41) is 0. The van der Waals surface area contributed by atoms with Crippen molar-refractivity contribution >= 4 is 6.08 Å². The molecule has 0 heteroatoms. The topological polar surface area (TPSA) is 0 Å². The molecule has 0 radical (unpaired) electrons. The minimum atomic E-state index is 1.17. The summed E-state index contributed by atoms with van der Waals surface area (Å²) in [5.41, 5.74) is 2.77. The molecule has 0 nitrogen and oxygen atoms in total. The van der Waals surface area contributed by atoms with Gasteiger partial charge in [0, 0.05) is 0 Å². The molecule has 0 saturated heterocycles. The van der Waals surface area contributed by atoms with Crippen LogP contribution in [-0.4, -0.2) is 0 Å². The van der Waals surface area contributed by atoms with E-state index in [1.54, 1.807) is 0 Å². The number of rotatable bonds is 9. The van der Waals surface area contributed by atoms with E-state index in [0.717, 1.165) is 0 Å². The van der Waals surface area contributed by atoms with E-state index in [-0.39, 0.29) is 0 Å². The molecule has 0 aliphatic carbocycles. The molecule has 104 valence electrons. The Kier molecular flexibility index (Phi) is 8.80. The number of unbranched alkanes of at least 4 members (excludes halogenated alkanes) is 4. The molecule has 0 bridgehead atoms. The molecule has 0 atom stereocenters. The molecule has 0 N–H and O–H groups in total. The Morgan fingerprint density at radius 3 is 2.42 bits per heavy atom. The van der Waals surface area contributed by atoms with Crippen LogP contribution in [0.5, 0.6) is 0 Å². The summed E-state index contributed by atoms with van der Waals surface area (Å²) in [4.78, 5) is 0. The van der Waals surface area contributed by atoms with Crippen molar-refractivity contribution in [2.45, 2.75) is 58.8 Å². The molecule has 0 unspecified atom stereocenters. The van der Waals surface area contributed by atoms with E-state index in [0.29, 0.717) is 0 Å². The summed E-state index contributed by atoms with van der Waals surface area (Å²) in [6.45, 7) is 4.49. The van der Waals surface area contributed by atoms with Crippen LogP contribution in [0.15, 0.2) is 48.1 Å². The van der Waals surface area contributed by atoms with Gasteiger partial charge >= 0.3 is 0 Å². The van der Waals surface area contributed by atoms with Gasteiger partial charge < -0.3 is 0 Å². The molecule has 0 aromatic heterocycles. The highest BCUT2D eigenvalue weighted by molar-refractivity contribution is 5.51. The molecular weight excluding hydrogens is 228 g/mol. The third kappa shape index (κ3) is 8.42. The van der Waals surface area contributed by atoms with Gasteiger partial charge in [0.15, 0.2) is 0 Å². The zero-order valence-electron chi connectivity index (χ0n) is 12.6. The summed E-state index contributed by atoms with van der Waals surface area (Å²) in [6.07, 6.45) is 16.0. The van der Waals surface area contributed by atoms with Crippen molar-refractivity contribution in [3.8, 4) is 0 Å². The van der Waals surface area contributed by atoms with Crippen LogP contribution in [0.1, 0.15) is 64.4 Å². The van der Waals surface area contributed by atoms with E-state index < -0.39 is 0 Å². The molecule has 19 heavy (non-hydrogen) atoms. The van der Waals surface area contributed by atoms with E-state index in [4.69, 9.17) is 0 Å². The van der Waals surface area contributed by atoms with Gasteiger partial charge in [-0.3, -0.25) is 0 Å². The normalized spacial score (nSPS) is 12.2. The lowest BCUT2D eigenvalue weighted by Crippen LogP contribution is -1.78. The predicted octanol–water partition coefficient (Wildman–Crippen LogP) is 6.40. The second kappa shape index (κ2) is 10.6.